The molecule has 0 amide bonds. The van der Waals surface area contributed by atoms with E-state index in [1.165, 1.54) is 122 Å². The van der Waals surface area contributed by atoms with Crippen LogP contribution in [0.3, 0.4) is 0 Å². The van der Waals surface area contributed by atoms with Crippen LogP contribution in [-0.4, -0.2) is 70.7 Å². The van der Waals surface area contributed by atoms with E-state index in [0.29, 0.717) is 24.1 Å². The summed E-state index contributed by atoms with van der Waals surface area (Å²) in [6, 6.07) is 0. The van der Waals surface area contributed by atoms with Crippen LogP contribution in [0, 0.1) is 0 Å². The second-order valence-electron chi connectivity index (χ2n) is 14.6. The number of nitrogens with zero attached hydrogens (tertiary/aromatic N) is 1. The van der Waals surface area contributed by atoms with Crippen molar-refractivity contribution in [1.82, 2.24) is 0 Å². The van der Waals surface area contributed by atoms with Crippen molar-refractivity contribution < 1.29 is 37.3 Å². The summed E-state index contributed by atoms with van der Waals surface area (Å²) in [5.74, 6) is -0.343. The third kappa shape index (κ3) is 36.5. The van der Waals surface area contributed by atoms with E-state index in [4.69, 9.17) is 18.5 Å². The fraction of sp³-hybridized carbons (Fsp3) is 0.923. The molecule has 0 rings (SSSR count). The van der Waals surface area contributed by atoms with E-state index in [1.807, 2.05) is 21.1 Å². The Kier molecular flexibility index (Phi) is 32.9. The molecule has 0 aliphatic rings. The standard InChI is InChI=1S/C39H78NO7P/c1-6-8-10-12-14-15-16-17-18-19-20-21-22-23-24-25-26-27-29-31-34-44-36-38(47-39(41)32-30-28-13-11-9-7-2)37-46-48(42,43)45-35-33-40(3,4)5/h17-18,38H,6-16,19-37H2,1-5H3/b18-17-. The molecule has 2 atom stereocenters. The Hall–Kier alpha value is -0.760. The zero-order valence-electron chi connectivity index (χ0n) is 32.2. The highest BCUT2D eigenvalue weighted by Crippen LogP contribution is 2.38. The van der Waals surface area contributed by atoms with Gasteiger partial charge in [-0.1, -0.05) is 142 Å². The van der Waals surface area contributed by atoms with E-state index in [9.17, 15) is 14.3 Å². The number of ether oxygens (including phenoxy) is 2. The molecule has 0 radical (unpaired) electrons. The molecular weight excluding hydrogens is 625 g/mol. The van der Waals surface area contributed by atoms with Crippen molar-refractivity contribution in [3.63, 3.8) is 0 Å². The number of carbonyl (C=O) groups is 1. The molecule has 0 saturated heterocycles. The van der Waals surface area contributed by atoms with Gasteiger partial charge in [-0.25, -0.2) is 0 Å². The molecule has 0 N–H and O–H groups in total. The van der Waals surface area contributed by atoms with Crippen LogP contribution >= 0.6 is 7.82 Å². The van der Waals surface area contributed by atoms with Gasteiger partial charge in [0, 0.05) is 13.0 Å². The van der Waals surface area contributed by atoms with Crippen molar-refractivity contribution >= 4 is 13.8 Å². The van der Waals surface area contributed by atoms with Crippen molar-refractivity contribution in [3.8, 4) is 0 Å². The Morgan fingerprint density at radius 1 is 0.625 bits per heavy atom. The molecule has 8 nitrogen and oxygen atoms in total. The zero-order chi connectivity index (χ0) is 35.6. The second-order valence-corrected chi connectivity index (χ2v) is 16.1. The molecule has 286 valence electrons. The predicted octanol–water partition coefficient (Wildman–Crippen LogP) is 10.5. The van der Waals surface area contributed by atoms with Gasteiger partial charge >= 0.3 is 5.97 Å². The van der Waals surface area contributed by atoms with Gasteiger partial charge in [-0.3, -0.25) is 9.36 Å². The first-order valence-electron chi connectivity index (χ1n) is 19.9. The minimum atomic E-state index is -4.50. The molecule has 0 aliphatic carbocycles. The average molecular weight is 704 g/mol. The van der Waals surface area contributed by atoms with Crippen LogP contribution in [0.4, 0.5) is 0 Å². The van der Waals surface area contributed by atoms with Crippen molar-refractivity contribution in [2.75, 3.05) is 54.1 Å². The number of likely N-dealkylation sites (N-methyl/N-ethyl adjacent to an activating group) is 1. The van der Waals surface area contributed by atoms with Crippen molar-refractivity contribution in [3.05, 3.63) is 12.2 Å². The number of carbonyl (C=O) groups excluding carboxylic acids is 1. The minimum Gasteiger partial charge on any atom is -0.756 e. The van der Waals surface area contributed by atoms with Gasteiger partial charge in [-0.05, 0) is 38.5 Å². The molecule has 0 spiro atoms. The van der Waals surface area contributed by atoms with E-state index in [-0.39, 0.29) is 25.8 Å². The molecule has 9 heteroatoms. The molecule has 0 bridgehead atoms. The van der Waals surface area contributed by atoms with Gasteiger partial charge in [0.05, 0.1) is 34.4 Å². The third-order valence-electron chi connectivity index (χ3n) is 8.57. The number of quaternary nitrogens is 1. The fourth-order valence-electron chi connectivity index (χ4n) is 5.42. The van der Waals surface area contributed by atoms with Crippen molar-refractivity contribution in [1.29, 1.82) is 0 Å². The lowest BCUT2D eigenvalue weighted by Gasteiger charge is -2.28. The number of hydrogen-bond acceptors (Lipinski definition) is 7. The number of hydrogen-bond donors (Lipinski definition) is 0. The summed E-state index contributed by atoms with van der Waals surface area (Å²) < 4.78 is 34.3. The van der Waals surface area contributed by atoms with E-state index in [2.05, 4.69) is 26.0 Å². The normalized spacial score (nSPS) is 14.0. The molecule has 0 aromatic rings. The SMILES string of the molecule is CCCCCCCC/C=C\CCCCCCCCCCCCOCC(COP(=O)([O-])OCC[N+](C)(C)C)OC(=O)CCCCCCCC. The highest BCUT2D eigenvalue weighted by Gasteiger charge is 2.20. The van der Waals surface area contributed by atoms with Crippen LogP contribution in [0.15, 0.2) is 12.2 Å². The second kappa shape index (κ2) is 33.4. The molecule has 2 unspecified atom stereocenters. The maximum absolute atomic E-state index is 12.5. The summed E-state index contributed by atoms with van der Waals surface area (Å²) in [5, 5.41) is 0. The summed E-state index contributed by atoms with van der Waals surface area (Å²) in [6.07, 6.45) is 33.9. The van der Waals surface area contributed by atoms with Crippen LogP contribution in [0.2, 0.25) is 0 Å². The molecule has 0 fully saturated rings. The molecular formula is C39H78NO7P. The highest BCUT2D eigenvalue weighted by molar-refractivity contribution is 7.45. The summed E-state index contributed by atoms with van der Waals surface area (Å²) >= 11 is 0. The Morgan fingerprint density at radius 3 is 1.58 bits per heavy atom. The topological polar surface area (TPSA) is 94.1 Å². The van der Waals surface area contributed by atoms with Gasteiger partial charge in [0.15, 0.2) is 0 Å². The van der Waals surface area contributed by atoms with E-state index < -0.39 is 13.9 Å². The smallest absolute Gasteiger partial charge is 0.306 e. The Morgan fingerprint density at radius 2 is 1.08 bits per heavy atom. The molecule has 0 heterocycles. The van der Waals surface area contributed by atoms with Gasteiger partial charge in [0.1, 0.15) is 19.3 Å². The van der Waals surface area contributed by atoms with Gasteiger partial charge < -0.3 is 27.9 Å². The minimum absolute atomic E-state index is 0.0283. The first kappa shape index (κ1) is 47.2. The molecule has 0 saturated carbocycles. The zero-order valence-corrected chi connectivity index (χ0v) is 33.1. The fourth-order valence-corrected chi connectivity index (χ4v) is 6.15. The molecule has 0 aliphatic heterocycles. The number of unbranched alkanes of at least 4 members (excludes halogenated alkanes) is 21. The van der Waals surface area contributed by atoms with Crippen LogP contribution < -0.4 is 4.89 Å². The first-order chi connectivity index (χ1) is 23.1. The molecule has 48 heavy (non-hydrogen) atoms. The highest BCUT2D eigenvalue weighted by atomic mass is 31.2. The lowest BCUT2D eigenvalue weighted by Crippen LogP contribution is -2.37. The summed E-state index contributed by atoms with van der Waals surface area (Å²) in [6.45, 7) is 5.35. The number of rotatable bonds is 37. The van der Waals surface area contributed by atoms with Crippen molar-refractivity contribution in [2.45, 2.75) is 180 Å². The average Bonchev–Trinajstić information content (AvgIpc) is 3.03. The van der Waals surface area contributed by atoms with Crippen LogP contribution in [-0.2, 0) is 27.9 Å². The Bertz CT molecular complexity index is 787. The predicted molar refractivity (Wildman–Crippen MR) is 199 cm³/mol. The number of phosphoric ester groups is 1. The molecule has 0 aromatic heterocycles. The summed E-state index contributed by atoms with van der Waals surface area (Å²) in [5.41, 5.74) is 0. The Balaban J connectivity index is 4.04. The quantitative estimate of drug-likeness (QED) is 0.0209. The maximum atomic E-state index is 12.5. The number of phosphoric acid groups is 1. The number of esters is 1. The third-order valence-corrected chi connectivity index (χ3v) is 9.53. The van der Waals surface area contributed by atoms with Gasteiger partial charge in [0.2, 0.25) is 0 Å². The monoisotopic (exact) mass is 704 g/mol. The first-order valence-corrected chi connectivity index (χ1v) is 21.4. The maximum Gasteiger partial charge on any atom is 0.306 e. The van der Waals surface area contributed by atoms with Gasteiger partial charge in [-0.15, -0.1) is 0 Å². The van der Waals surface area contributed by atoms with E-state index in [1.54, 1.807) is 0 Å². The van der Waals surface area contributed by atoms with Crippen LogP contribution in [0.5, 0.6) is 0 Å². The van der Waals surface area contributed by atoms with E-state index >= 15 is 0 Å². The largest absolute Gasteiger partial charge is 0.756 e. The van der Waals surface area contributed by atoms with Crippen LogP contribution in [0.1, 0.15) is 174 Å². The van der Waals surface area contributed by atoms with Gasteiger partial charge in [0.25, 0.3) is 7.82 Å². The van der Waals surface area contributed by atoms with Crippen molar-refractivity contribution in [2.24, 2.45) is 0 Å². The van der Waals surface area contributed by atoms with Gasteiger partial charge in [-0.2, -0.15) is 0 Å². The summed E-state index contributed by atoms with van der Waals surface area (Å²) in [7, 11) is 1.36. The number of allylic oxidation sites excluding steroid dienone is 2. The lowest BCUT2D eigenvalue weighted by molar-refractivity contribution is -0.870. The molecule has 0 aromatic carbocycles. The van der Waals surface area contributed by atoms with Crippen LogP contribution in [0.25, 0.3) is 0 Å². The van der Waals surface area contributed by atoms with E-state index in [0.717, 1.165) is 32.1 Å². The summed E-state index contributed by atoms with van der Waals surface area (Å²) in [4.78, 5) is 24.7. The Labute approximate surface area is 297 Å². The lowest BCUT2D eigenvalue weighted by atomic mass is 10.1.